The quantitative estimate of drug-likeness (QED) is 0.347. The second-order valence-corrected chi connectivity index (χ2v) is 16.7. The Bertz CT molecular complexity index is 512. The molecule has 1 aliphatic heterocycles. The van der Waals surface area contributed by atoms with E-state index in [0.717, 1.165) is 8.56 Å². The fourth-order valence-corrected chi connectivity index (χ4v) is 17.0. The summed E-state index contributed by atoms with van der Waals surface area (Å²) >= 11 is 36.6. The van der Waals surface area contributed by atoms with E-state index in [-0.39, 0.29) is 0 Å². The first-order valence-corrected chi connectivity index (χ1v) is 14.0. The normalized spacial score (nSPS) is 26.7. The summed E-state index contributed by atoms with van der Waals surface area (Å²) in [4.78, 5) is 5.54. The van der Waals surface area contributed by atoms with E-state index in [0.29, 0.717) is 5.75 Å². The minimum atomic E-state index is -3.14. The van der Waals surface area contributed by atoms with Crippen LogP contribution in [0.1, 0.15) is 0 Å². The third-order valence-corrected chi connectivity index (χ3v) is 16.6. The third kappa shape index (κ3) is 3.76. The van der Waals surface area contributed by atoms with Crippen molar-refractivity contribution in [2.24, 2.45) is 4.52 Å². The van der Waals surface area contributed by atoms with Gasteiger partial charge in [-0.25, -0.2) is 0 Å². The first kappa shape index (κ1) is 17.1. The molecular weight excluding hydrogens is 436 g/mol. The van der Waals surface area contributed by atoms with Crippen LogP contribution in [0.15, 0.2) is 34.8 Å². The van der Waals surface area contributed by atoms with Crippen LogP contribution in [0.25, 0.3) is 0 Å². The van der Waals surface area contributed by atoms with Crippen LogP contribution in [0.5, 0.6) is 5.75 Å². The number of halogens is 6. The smallest absolute Gasteiger partial charge is 0.363 e. The van der Waals surface area contributed by atoms with Crippen LogP contribution >= 0.6 is 87.7 Å². The number of hydrogen-bond acceptors (Lipinski definition) is 4. The zero-order valence-electron chi connectivity index (χ0n) is 8.75. The summed E-state index contributed by atoms with van der Waals surface area (Å²) in [5, 5.41) is 0. The highest BCUT2D eigenvalue weighted by molar-refractivity contribution is 8.27. The van der Waals surface area contributed by atoms with Crippen molar-refractivity contribution in [3.8, 4) is 5.75 Å². The molecular formula is C6H5Cl6N3OP3+. The largest absolute Gasteiger partial charge is 0.419 e. The van der Waals surface area contributed by atoms with E-state index in [4.69, 9.17) is 72.8 Å². The molecule has 0 aromatic heterocycles. The minimum Gasteiger partial charge on any atom is -0.363 e. The van der Waals surface area contributed by atoms with E-state index in [1.807, 2.05) is 6.07 Å². The number of hydrogen-bond donors (Lipinski definition) is 0. The van der Waals surface area contributed by atoms with Gasteiger partial charge in [0.2, 0.25) is 7.58 Å². The lowest BCUT2D eigenvalue weighted by molar-refractivity contribution is 0.141. The van der Waals surface area contributed by atoms with Gasteiger partial charge in [-0.15, -0.1) is 0 Å². The second kappa shape index (κ2) is 6.49. The molecule has 0 fully saturated rings. The summed E-state index contributed by atoms with van der Waals surface area (Å²) in [6.07, 6.45) is -3.14. The summed E-state index contributed by atoms with van der Waals surface area (Å²) in [5.41, 5.74) is 0. The van der Waals surface area contributed by atoms with Gasteiger partial charge >= 0.3 is 6.27 Å². The highest BCUT2D eigenvalue weighted by atomic mass is 35.9. The average Bonchev–Trinajstić information content (AvgIpc) is 2.34. The Labute approximate surface area is 141 Å². The van der Waals surface area contributed by atoms with Gasteiger partial charge < -0.3 is 4.84 Å². The Balaban J connectivity index is 2.38. The Morgan fingerprint density at radius 1 is 1.21 bits per heavy atom. The summed E-state index contributed by atoms with van der Waals surface area (Å²) in [6.45, 7) is 0. The Morgan fingerprint density at radius 2 is 1.79 bits per heavy atom. The molecule has 1 heterocycles. The molecule has 13 heteroatoms. The first-order chi connectivity index (χ1) is 8.75. The SMILES string of the molecule is ClN1P(Cl)N=P(Cl)(Cl)N(Oc2ccccc2)[P+]1(Cl)Cl. The first-order valence-electron chi connectivity index (χ1n) is 4.51. The molecule has 0 spiro atoms. The van der Waals surface area contributed by atoms with E-state index >= 15 is 0 Å². The minimum absolute atomic E-state index is 0.458. The lowest BCUT2D eigenvalue weighted by atomic mass is 10.3. The predicted octanol–water partition coefficient (Wildman–Crippen LogP) is 7.80. The maximum absolute atomic E-state index is 6.22. The number of benzene rings is 1. The van der Waals surface area contributed by atoms with Crippen molar-refractivity contribution in [2.45, 2.75) is 0 Å². The fraction of sp³-hybridized carbons (Fsp3) is 0. The number of para-hydroxylation sites is 1. The lowest BCUT2D eigenvalue weighted by Crippen LogP contribution is -2.24. The molecule has 1 atom stereocenters. The topological polar surface area (TPSA) is 28.1 Å². The van der Waals surface area contributed by atoms with Gasteiger partial charge in [-0.2, -0.15) is 4.52 Å². The van der Waals surface area contributed by atoms with Gasteiger partial charge in [-0.05, 0) is 45.9 Å². The molecule has 2 rings (SSSR count). The molecule has 4 nitrogen and oxygen atoms in total. The summed E-state index contributed by atoms with van der Waals surface area (Å²) < 4.78 is 6.06. The van der Waals surface area contributed by atoms with Crippen molar-refractivity contribution in [2.75, 3.05) is 0 Å². The molecule has 0 saturated carbocycles. The van der Waals surface area contributed by atoms with Gasteiger partial charge in [0.1, 0.15) is 4.60 Å². The van der Waals surface area contributed by atoms with Crippen molar-refractivity contribution in [1.82, 2.24) is 8.56 Å². The van der Waals surface area contributed by atoms with E-state index < -0.39 is 19.8 Å². The van der Waals surface area contributed by atoms with E-state index in [9.17, 15) is 0 Å². The van der Waals surface area contributed by atoms with Crippen molar-refractivity contribution < 1.29 is 4.84 Å². The predicted molar refractivity (Wildman–Crippen MR) is 89.1 cm³/mol. The number of rotatable bonds is 2. The molecule has 0 saturated heterocycles. The molecule has 0 bridgehead atoms. The highest BCUT2D eigenvalue weighted by Crippen LogP contribution is 2.94. The molecule has 0 radical (unpaired) electrons. The number of nitrogens with zero attached hydrogens (tertiary/aromatic N) is 3. The molecule has 0 amide bonds. The molecule has 19 heavy (non-hydrogen) atoms. The summed E-state index contributed by atoms with van der Waals surface area (Å²) in [5.74, 6) is -2.63. The molecule has 1 unspecified atom stereocenters. The zero-order chi connectivity index (χ0) is 14.3. The van der Waals surface area contributed by atoms with Crippen molar-refractivity contribution >= 4 is 87.7 Å². The standard InChI is InChI=1S/C6H5Cl6N3OP3/c7-14-17(8)13-18(9,10)15(19(14,11)12)16-6-4-2-1-3-5-6/h1-5H/q+1. The van der Waals surface area contributed by atoms with E-state index in [1.165, 1.54) is 0 Å². The van der Waals surface area contributed by atoms with Crippen LogP contribution in [-0.2, 0) is 0 Å². The zero-order valence-corrected chi connectivity index (χ0v) is 16.0. The second-order valence-electron chi connectivity index (χ2n) is 3.14. The van der Waals surface area contributed by atoms with Crippen molar-refractivity contribution in [1.29, 1.82) is 0 Å². The molecule has 1 aromatic rings. The van der Waals surface area contributed by atoms with Gasteiger partial charge in [-0.3, -0.25) is 0 Å². The van der Waals surface area contributed by atoms with Gasteiger partial charge in [0.05, 0.1) is 0 Å². The van der Waals surface area contributed by atoms with Crippen molar-refractivity contribution in [3.05, 3.63) is 30.3 Å². The third-order valence-electron chi connectivity index (χ3n) is 1.86. The van der Waals surface area contributed by atoms with Gasteiger partial charge in [0.25, 0.3) is 5.91 Å². The van der Waals surface area contributed by atoms with Gasteiger partial charge in [0.15, 0.2) is 28.2 Å². The molecule has 1 aliphatic rings. The van der Waals surface area contributed by atoms with Crippen molar-refractivity contribution in [3.63, 3.8) is 0 Å². The Hall–Kier alpha value is 1.77. The van der Waals surface area contributed by atoms with Crippen LogP contribution in [0, 0.1) is 0 Å². The monoisotopic (exact) mass is 438 g/mol. The Kier molecular flexibility index (Phi) is 5.85. The van der Waals surface area contributed by atoms with Gasteiger partial charge in [-0.1, -0.05) is 18.2 Å². The maximum atomic E-state index is 6.22. The van der Waals surface area contributed by atoms with Gasteiger partial charge in [0, 0.05) is 15.7 Å². The van der Waals surface area contributed by atoms with Crippen LogP contribution in [-0.4, -0.2) is 8.56 Å². The maximum Gasteiger partial charge on any atom is 0.419 e. The summed E-state index contributed by atoms with van der Waals surface area (Å²) in [7, 11) is -1.68. The molecule has 1 aromatic carbocycles. The van der Waals surface area contributed by atoms with Crippen LogP contribution in [0.3, 0.4) is 0 Å². The molecule has 0 aliphatic carbocycles. The average molecular weight is 441 g/mol. The molecule has 0 N–H and O–H groups in total. The van der Waals surface area contributed by atoms with E-state index in [1.54, 1.807) is 24.3 Å². The highest BCUT2D eigenvalue weighted by Gasteiger charge is 2.65. The molecule has 106 valence electrons. The summed E-state index contributed by atoms with van der Waals surface area (Å²) in [6, 6.07) is 8.76. The van der Waals surface area contributed by atoms with Crippen LogP contribution < -0.4 is 4.84 Å². The Morgan fingerprint density at radius 3 is 2.37 bits per heavy atom. The lowest BCUT2D eigenvalue weighted by Gasteiger charge is -2.33. The van der Waals surface area contributed by atoms with Crippen LogP contribution in [0.4, 0.5) is 0 Å². The van der Waals surface area contributed by atoms with Crippen LogP contribution in [0.2, 0.25) is 0 Å². The fourth-order valence-electron chi connectivity index (χ4n) is 1.11. The van der Waals surface area contributed by atoms with E-state index in [2.05, 4.69) is 4.52 Å².